The standard InChI is InChI=1S/C8H16N2O2.CH4O/c1-2-12-6-8(11)10-7-3-4-9-5-7;1-2/h7,9H,2-6H2,1H3,(H,10,11);2H,1H3. The van der Waals surface area contributed by atoms with Gasteiger partial charge in [0.1, 0.15) is 6.61 Å². The van der Waals surface area contributed by atoms with E-state index in [0.29, 0.717) is 12.6 Å². The van der Waals surface area contributed by atoms with Crippen molar-refractivity contribution >= 4 is 5.91 Å². The molecule has 5 heteroatoms. The number of ether oxygens (including phenoxy) is 1. The molecule has 0 aromatic carbocycles. The first-order chi connectivity index (χ1) is 6.83. The van der Waals surface area contributed by atoms with Gasteiger partial charge in [-0.05, 0) is 19.9 Å². The molecule has 5 nitrogen and oxygen atoms in total. The van der Waals surface area contributed by atoms with Crippen LogP contribution in [0.2, 0.25) is 0 Å². The highest BCUT2D eigenvalue weighted by Gasteiger charge is 2.15. The van der Waals surface area contributed by atoms with Crippen molar-refractivity contribution in [1.29, 1.82) is 0 Å². The molecule has 1 rings (SSSR count). The summed E-state index contributed by atoms with van der Waals surface area (Å²) in [4.78, 5) is 11.1. The molecule has 14 heavy (non-hydrogen) atoms. The Morgan fingerprint density at radius 2 is 2.36 bits per heavy atom. The Kier molecular flexibility index (Phi) is 8.51. The van der Waals surface area contributed by atoms with Crippen LogP contribution in [0.1, 0.15) is 13.3 Å². The zero-order chi connectivity index (χ0) is 10.8. The van der Waals surface area contributed by atoms with Crippen molar-refractivity contribution in [2.45, 2.75) is 19.4 Å². The smallest absolute Gasteiger partial charge is 0.246 e. The molecule has 1 aliphatic rings. The molecule has 1 fully saturated rings. The quantitative estimate of drug-likeness (QED) is 0.555. The van der Waals surface area contributed by atoms with E-state index in [-0.39, 0.29) is 12.5 Å². The summed E-state index contributed by atoms with van der Waals surface area (Å²) < 4.78 is 4.97. The second-order valence-electron chi connectivity index (χ2n) is 2.89. The van der Waals surface area contributed by atoms with Gasteiger partial charge in [-0.1, -0.05) is 0 Å². The summed E-state index contributed by atoms with van der Waals surface area (Å²) in [6.07, 6.45) is 1.03. The van der Waals surface area contributed by atoms with Crippen LogP contribution in [0, 0.1) is 0 Å². The molecule has 1 saturated heterocycles. The summed E-state index contributed by atoms with van der Waals surface area (Å²) in [5.41, 5.74) is 0. The fourth-order valence-corrected chi connectivity index (χ4v) is 1.24. The molecule has 0 spiro atoms. The maximum atomic E-state index is 11.1. The Morgan fingerprint density at radius 1 is 1.64 bits per heavy atom. The van der Waals surface area contributed by atoms with Crippen molar-refractivity contribution in [1.82, 2.24) is 10.6 Å². The van der Waals surface area contributed by atoms with E-state index >= 15 is 0 Å². The van der Waals surface area contributed by atoms with E-state index in [0.717, 1.165) is 26.6 Å². The van der Waals surface area contributed by atoms with Crippen molar-refractivity contribution in [3.8, 4) is 0 Å². The van der Waals surface area contributed by atoms with Gasteiger partial charge >= 0.3 is 0 Å². The molecule has 3 N–H and O–H groups in total. The molecule has 0 aliphatic carbocycles. The molecule has 1 unspecified atom stereocenters. The number of rotatable bonds is 4. The third kappa shape index (κ3) is 5.90. The average Bonchev–Trinajstić information content (AvgIpc) is 2.70. The van der Waals surface area contributed by atoms with E-state index in [1.165, 1.54) is 0 Å². The fourth-order valence-electron chi connectivity index (χ4n) is 1.24. The summed E-state index contributed by atoms with van der Waals surface area (Å²) in [7, 11) is 1.00. The van der Waals surface area contributed by atoms with Crippen LogP contribution >= 0.6 is 0 Å². The van der Waals surface area contributed by atoms with Gasteiger partial charge in [-0.15, -0.1) is 0 Å². The molecule has 0 aromatic heterocycles. The first kappa shape index (κ1) is 13.4. The number of amides is 1. The van der Waals surface area contributed by atoms with Gasteiger partial charge in [0.15, 0.2) is 0 Å². The summed E-state index contributed by atoms with van der Waals surface area (Å²) in [6.45, 7) is 4.55. The van der Waals surface area contributed by atoms with Crippen LogP contribution in [0.25, 0.3) is 0 Å². The average molecular weight is 204 g/mol. The number of aliphatic hydroxyl groups is 1. The molecular formula is C9H20N2O3. The van der Waals surface area contributed by atoms with Crippen molar-refractivity contribution in [2.24, 2.45) is 0 Å². The topological polar surface area (TPSA) is 70.6 Å². The van der Waals surface area contributed by atoms with Crippen LogP contribution in [0.15, 0.2) is 0 Å². The predicted octanol–water partition coefficient (Wildman–Crippen LogP) is -0.890. The minimum Gasteiger partial charge on any atom is -0.400 e. The van der Waals surface area contributed by atoms with Gasteiger partial charge in [-0.25, -0.2) is 0 Å². The van der Waals surface area contributed by atoms with Crippen LogP contribution in [0.3, 0.4) is 0 Å². The zero-order valence-electron chi connectivity index (χ0n) is 8.88. The summed E-state index contributed by atoms with van der Waals surface area (Å²) >= 11 is 0. The van der Waals surface area contributed by atoms with E-state index in [4.69, 9.17) is 9.84 Å². The Hall–Kier alpha value is -0.650. The van der Waals surface area contributed by atoms with E-state index in [1.807, 2.05) is 6.92 Å². The number of hydrogen-bond acceptors (Lipinski definition) is 4. The van der Waals surface area contributed by atoms with Gasteiger partial charge in [0, 0.05) is 26.3 Å². The van der Waals surface area contributed by atoms with E-state index < -0.39 is 0 Å². The van der Waals surface area contributed by atoms with Gasteiger partial charge < -0.3 is 20.5 Å². The van der Waals surface area contributed by atoms with E-state index in [2.05, 4.69) is 10.6 Å². The van der Waals surface area contributed by atoms with E-state index in [9.17, 15) is 4.79 Å². The second kappa shape index (κ2) is 8.93. The monoisotopic (exact) mass is 204 g/mol. The van der Waals surface area contributed by atoms with Gasteiger partial charge in [-0.2, -0.15) is 0 Å². The lowest BCUT2D eigenvalue weighted by Crippen LogP contribution is -2.38. The largest absolute Gasteiger partial charge is 0.400 e. The lowest BCUT2D eigenvalue weighted by atomic mass is 10.2. The van der Waals surface area contributed by atoms with Crippen molar-refractivity contribution in [3.05, 3.63) is 0 Å². The molecule has 0 saturated carbocycles. The maximum Gasteiger partial charge on any atom is 0.246 e. The molecule has 1 atom stereocenters. The third-order valence-electron chi connectivity index (χ3n) is 1.86. The molecule has 1 aliphatic heterocycles. The Labute approximate surface area is 84.8 Å². The molecule has 1 amide bonds. The Balaban J connectivity index is 0.000000791. The van der Waals surface area contributed by atoms with Gasteiger partial charge in [-0.3, -0.25) is 4.79 Å². The lowest BCUT2D eigenvalue weighted by molar-refractivity contribution is -0.126. The summed E-state index contributed by atoms with van der Waals surface area (Å²) in [6, 6.07) is 0.304. The third-order valence-corrected chi connectivity index (χ3v) is 1.86. The first-order valence-electron chi connectivity index (χ1n) is 4.85. The SMILES string of the molecule is CCOCC(=O)NC1CCNC1.CO. The number of nitrogens with one attached hydrogen (secondary N) is 2. The predicted molar refractivity (Wildman–Crippen MR) is 54.1 cm³/mol. The highest BCUT2D eigenvalue weighted by atomic mass is 16.5. The van der Waals surface area contributed by atoms with Gasteiger partial charge in [0.2, 0.25) is 5.91 Å². The number of carbonyl (C=O) groups is 1. The lowest BCUT2D eigenvalue weighted by Gasteiger charge is -2.10. The second-order valence-corrected chi connectivity index (χ2v) is 2.89. The van der Waals surface area contributed by atoms with Crippen LogP contribution in [-0.2, 0) is 9.53 Å². The van der Waals surface area contributed by atoms with Crippen LogP contribution in [0.4, 0.5) is 0 Å². The van der Waals surface area contributed by atoms with E-state index in [1.54, 1.807) is 0 Å². The minimum absolute atomic E-state index is 0.00875. The summed E-state index contributed by atoms with van der Waals surface area (Å²) in [5.74, 6) is -0.00875. The molecule has 1 heterocycles. The van der Waals surface area contributed by atoms with Crippen molar-refractivity contribution < 1.29 is 14.6 Å². The molecule has 0 aromatic rings. The van der Waals surface area contributed by atoms with Crippen molar-refractivity contribution in [3.63, 3.8) is 0 Å². The normalized spacial score (nSPS) is 19.8. The fraction of sp³-hybridized carbons (Fsp3) is 0.889. The molecule has 0 radical (unpaired) electrons. The maximum absolute atomic E-state index is 11.1. The number of hydrogen-bond donors (Lipinski definition) is 3. The molecular weight excluding hydrogens is 184 g/mol. The van der Waals surface area contributed by atoms with Gasteiger partial charge in [0.05, 0.1) is 0 Å². The Morgan fingerprint density at radius 3 is 2.86 bits per heavy atom. The minimum atomic E-state index is -0.00875. The van der Waals surface area contributed by atoms with Crippen LogP contribution < -0.4 is 10.6 Å². The highest BCUT2D eigenvalue weighted by molar-refractivity contribution is 5.77. The highest BCUT2D eigenvalue weighted by Crippen LogP contribution is 1.96. The van der Waals surface area contributed by atoms with Crippen LogP contribution in [0.5, 0.6) is 0 Å². The van der Waals surface area contributed by atoms with Crippen LogP contribution in [-0.4, -0.2) is 50.5 Å². The Bertz CT molecular complexity index is 147. The molecule has 0 bridgehead atoms. The van der Waals surface area contributed by atoms with Crippen molar-refractivity contribution in [2.75, 3.05) is 33.4 Å². The number of carbonyl (C=O) groups excluding carboxylic acids is 1. The first-order valence-corrected chi connectivity index (χ1v) is 4.85. The van der Waals surface area contributed by atoms with Gasteiger partial charge in [0.25, 0.3) is 0 Å². The summed E-state index contributed by atoms with van der Waals surface area (Å²) in [5, 5.41) is 13.1. The zero-order valence-corrected chi connectivity index (χ0v) is 8.88. The molecule has 84 valence electrons. The number of aliphatic hydroxyl groups excluding tert-OH is 1.